The van der Waals surface area contributed by atoms with Crippen LogP contribution >= 0.6 is 0 Å². The molecular weight excluding hydrogens is 352 g/mol. The molecule has 0 saturated heterocycles. The molecule has 5 nitrogen and oxygen atoms in total. The summed E-state index contributed by atoms with van der Waals surface area (Å²) in [4.78, 5) is 24.8. The minimum Gasteiger partial charge on any atom is -0.490 e. The highest BCUT2D eigenvalue weighted by Crippen LogP contribution is 2.22. The van der Waals surface area contributed by atoms with Crippen LogP contribution in [-0.2, 0) is 0 Å². The van der Waals surface area contributed by atoms with Crippen molar-refractivity contribution in [3.63, 3.8) is 0 Å². The lowest BCUT2D eigenvalue weighted by molar-refractivity contribution is 0.101. The van der Waals surface area contributed by atoms with Crippen molar-refractivity contribution in [1.29, 1.82) is 0 Å². The van der Waals surface area contributed by atoms with Gasteiger partial charge in [-0.3, -0.25) is 9.59 Å². The normalized spacial score (nSPS) is 10.4. The Morgan fingerprint density at radius 2 is 1.25 bits per heavy atom. The molecule has 3 aromatic rings. The van der Waals surface area contributed by atoms with Crippen molar-refractivity contribution in [3.8, 4) is 5.75 Å². The second-order valence-electron chi connectivity index (χ2n) is 6.51. The summed E-state index contributed by atoms with van der Waals surface area (Å²) in [5.41, 5.74) is 2.33. The molecule has 142 valence electrons. The van der Waals surface area contributed by atoms with E-state index < -0.39 is 0 Å². The average molecular weight is 374 g/mol. The van der Waals surface area contributed by atoms with E-state index >= 15 is 0 Å². The van der Waals surface area contributed by atoms with Crippen LogP contribution in [0.1, 0.15) is 34.6 Å². The van der Waals surface area contributed by atoms with E-state index in [1.165, 1.54) is 0 Å². The molecule has 0 bridgehead atoms. The van der Waals surface area contributed by atoms with Crippen LogP contribution in [-0.4, -0.2) is 17.9 Å². The fourth-order valence-electron chi connectivity index (χ4n) is 2.64. The number of para-hydroxylation sites is 1. The largest absolute Gasteiger partial charge is 0.490 e. The van der Waals surface area contributed by atoms with Gasteiger partial charge in [0.25, 0.3) is 11.8 Å². The van der Waals surface area contributed by atoms with Crippen molar-refractivity contribution in [2.75, 3.05) is 10.6 Å². The van der Waals surface area contributed by atoms with E-state index in [9.17, 15) is 9.59 Å². The van der Waals surface area contributed by atoms with Gasteiger partial charge in [-0.1, -0.05) is 30.3 Å². The van der Waals surface area contributed by atoms with Gasteiger partial charge in [0.05, 0.1) is 11.7 Å². The number of carbonyl (C=O) groups excluding carboxylic acids is 2. The molecule has 0 aromatic heterocycles. The predicted octanol–water partition coefficient (Wildman–Crippen LogP) is 4.98. The predicted molar refractivity (Wildman–Crippen MR) is 111 cm³/mol. The van der Waals surface area contributed by atoms with Crippen LogP contribution in [0.15, 0.2) is 78.9 Å². The first kappa shape index (κ1) is 19.2. The quantitative estimate of drug-likeness (QED) is 0.639. The summed E-state index contributed by atoms with van der Waals surface area (Å²) < 4.78 is 5.70. The third-order valence-corrected chi connectivity index (χ3v) is 3.93. The maximum atomic E-state index is 12.6. The highest BCUT2D eigenvalue weighted by atomic mass is 16.5. The fraction of sp³-hybridized carbons (Fsp3) is 0.130. The van der Waals surface area contributed by atoms with Gasteiger partial charge < -0.3 is 15.4 Å². The number of rotatable bonds is 6. The van der Waals surface area contributed by atoms with Gasteiger partial charge in [-0.15, -0.1) is 0 Å². The Bertz CT molecular complexity index is 951. The number of nitrogens with one attached hydrogen (secondary N) is 2. The van der Waals surface area contributed by atoms with Gasteiger partial charge in [-0.2, -0.15) is 0 Å². The third kappa shape index (κ3) is 4.98. The molecule has 0 spiro atoms. The van der Waals surface area contributed by atoms with Gasteiger partial charge >= 0.3 is 0 Å². The van der Waals surface area contributed by atoms with Gasteiger partial charge in [0.15, 0.2) is 0 Å². The zero-order chi connectivity index (χ0) is 19.9. The van der Waals surface area contributed by atoms with E-state index in [0.29, 0.717) is 28.3 Å². The molecule has 2 N–H and O–H groups in total. The number of carbonyl (C=O) groups is 2. The lowest BCUT2D eigenvalue weighted by atomic mass is 10.1. The number of benzene rings is 3. The van der Waals surface area contributed by atoms with Crippen molar-refractivity contribution in [2.24, 2.45) is 0 Å². The van der Waals surface area contributed by atoms with Crippen LogP contribution in [0.2, 0.25) is 0 Å². The molecule has 28 heavy (non-hydrogen) atoms. The molecule has 3 rings (SSSR count). The van der Waals surface area contributed by atoms with Crippen LogP contribution in [0.3, 0.4) is 0 Å². The first-order chi connectivity index (χ1) is 13.5. The summed E-state index contributed by atoms with van der Waals surface area (Å²) in [5.74, 6) is 0.108. The van der Waals surface area contributed by atoms with Crippen molar-refractivity contribution in [1.82, 2.24) is 0 Å². The van der Waals surface area contributed by atoms with Crippen molar-refractivity contribution in [2.45, 2.75) is 20.0 Å². The van der Waals surface area contributed by atoms with Crippen molar-refractivity contribution >= 4 is 23.2 Å². The van der Waals surface area contributed by atoms with Crippen LogP contribution in [0.5, 0.6) is 5.75 Å². The van der Waals surface area contributed by atoms with Crippen LogP contribution in [0, 0.1) is 0 Å². The minimum atomic E-state index is -0.252. The second kappa shape index (κ2) is 8.86. The van der Waals surface area contributed by atoms with Gasteiger partial charge in [0, 0.05) is 16.9 Å². The Morgan fingerprint density at radius 3 is 1.86 bits per heavy atom. The molecule has 0 aliphatic rings. The van der Waals surface area contributed by atoms with Crippen molar-refractivity contribution in [3.05, 3.63) is 90.0 Å². The first-order valence-corrected chi connectivity index (χ1v) is 9.06. The Balaban J connectivity index is 1.66. The lowest BCUT2D eigenvalue weighted by Crippen LogP contribution is -2.16. The van der Waals surface area contributed by atoms with E-state index in [1.807, 2.05) is 38.1 Å². The summed E-state index contributed by atoms with van der Waals surface area (Å²) in [6.45, 7) is 3.83. The van der Waals surface area contributed by atoms with Crippen LogP contribution in [0.4, 0.5) is 11.4 Å². The molecule has 0 saturated carbocycles. The van der Waals surface area contributed by atoms with Crippen molar-refractivity contribution < 1.29 is 14.3 Å². The van der Waals surface area contributed by atoms with Gasteiger partial charge in [-0.05, 0) is 62.4 Å². The summed E-state index contributed by atoms with van der Waals surface area (Å²) in [5, 5.41) is 5.68. The van der Waals surface area contributed by atoms with E-state index in [2.05, 4.69) is 10.6 Å². The summed E-state index contributed by atoms with van der Waals surface area (Å²) in [7, 11) is 0. The number of ether oxygens (including phenoxy) is 1. The summed E-state index contributed by atoms with van der Waals surface area (Å²) in [6, 6.07) is 23.1. The summed E-state index contributed by atoms with van der Waals surface area (Å²) >= 11 is 0. The Labute approximate surface area is 164 Å². The van der Waals surface area contributed by atoms with Crippen LogP contribution < -0.4 is 15.4 Å². The standard InChI is InChI=1S/C23H22N2O3/c1-16(2)28-21-11-7-6-10-20(21)23(27)25-19-14-12-18(13-15-19)24-22(26)17-8-4-3-5-9-17/h3-16H,1-2H3,(H,24,26)(H,25,27). The molecule has 0 aliphatic heterocycles. The van der Waals surface area contributed by atoms with E-state index in [4.69, 9.17) is 4.74 Å². The molecule has 5 heteroatoms. The van der Waals surface area contributed by atoms with E-state index in [1.54, 1.807) is 54.6 Å². The molecule has 0 radical (unpaired) electrons. The van der Waals surface area contributed by atoms with E-state index in [-0.39, 0.29) is 17.9 Å². The number of anilines is 2. The SMILES string of the molecule is CC(C)Oc1ccccc1C(=O)Nc1ccc(NC(=O)c2ccccc2)cc1. The maximum absolute atomic E-state index is 12.6. The molecule has 0 atom stereocenters. The van der Waals surface area contributed by atoms with Crippen LogP contribution in [0.25, 0.3) is 0 Å². The average Bonchev–Trinajstić information content (AvgIpc) is 2.70. The molecular formula is C23H22N2O3. The Kier molecular flexibility index (Phi) is 6.07. The highest BCUT2D eigenvalue weighted by Gasteiger charge is 2.13. The van der Waals surface area contributed by atoms with Gasteiger partial charge in [0.2, 0.25) is 0 Å². The topological polar surface area (TPSA) is 67.4 Å². The van der Waals surface area contributed by atoms with Gasteiger partial charge in [-0.25, -0.2) is 0 Å². The first-order valence-electron chi connectivity index (χ1n) is 9.06. The van der Waals surface area contributed by atoms with Gasteiger partial charge in [0.1, 0.15) is 5.75 Å². The number of amides is 2. The second-order valence-corrected chi connectivity index (χ2v) is 6.51. The Morgan fingerprint density at radius 1 is 0.714 bits per heavy atom. The number of hydrogen-bond donors (Lipinski definition) is 2. The Hall–Kier alpha value is -3.60. The maximum Gasteiger partial charge on any atom is 0.259 e. The molecule has 3 aromatic carbocycles. The third-order valence-electron chi connectivity index (χ3n) is 3.93. The molecule has 2 amide bonds. The molecule has 0 aliphatic carbocycles. The fourth-order valence-corrected chi connectivity index (χ4v) is 2.64. The smallest absolute Gasteiger partial charge is 0.259 e. The van der Waals surface area contributed by atoms with E-state index in [0.717, 1.165) is 0 Å². The molecule has 0 unspecified atom stereocenters. The minimum absolute atomic E-state index is 0.0264. The highest BCUT2D eigenvalue weighted by molar-refractivity contribution is 6.07. The zero-order valence-electron chi connectivity index (χ0n) is 15.8. The molecule has 0 heterocycles. The number of hydrogen-bond acceptors (Lipinski definition) is 3. The zero-order valence-corrected chi connectivity index (χ0v) is 15.8. The monoisotopic (exact) mass is 374 g/mol. The molecule has 0 fully saturated rings. The lowest BCUT2D eigenvalue weighted by Gasteiger charge is -2.14. The summed E-state index contributed by atoms with van der Waals surface area (Å²) in [6.07, 6.45) is -0.0264.